The molecule has 5 heteroatoms. The van der Waals surface area contributed by atoms with Crippen LogP contribution in [0.15, 0.2) is 17.6 Å². The monoisotopic (exact) mass is 222 g/mol. The van der Waals surface area contributed by atoms with Crippen molar-refractivity contribution in [2.45, 2.75) is 19.4 Å². The molecule has 2 rings (SSSR count). The quantitative estimate of drug-likeness (QED) is 0.854. The molecule has 2 aromatic heterocycles. The Balaban J connectivity index is 2.10. The summed E-state index contributed by atoms with van der Waals surface area (Å²) in [6, 6.07) is 2.12. The lowest BCUT2D eigenvalue weighted by atomic mass is 10.1. The smallest absolute Gasteiger partial charge is 0.0846 e. The molecular weight excluding hydrogens is 208 g/mol. The summed E-state index contributed by atoms with van der Waals surface area (Å²) in [5.41, 5.74) is 8.32. The second-order valence-electron chi connectivity index (χ2n) is 3.66. The zero-order valence-corrected chi connectivity index (χ0v) is 9.66. The molecular formula is C10H14N4S. The molecule has 0 aromatic carbocycles. The molecule has 0 bridgehead atoms. The van der Waals surface area contributed by atoms with Crippen molar-refractivity contribution in [3.8, 4) is 0 Å². The normalized spacial score (nSPS) is 13.0. The van der Waals surface area contributed by atoms with Gasteiger partial charge in [-0.05, 0) is 23.9 Å². The molecule has 1 unspecified atom stereocenters. The zero-order chi connectivity index (χ0) is 10.8. The summed E-state index contributed by atoms with van der Waals surface area (Å²) in [7, 11) is 1.86. The summed E-state index contributed by atoms with van der Waals surface area (Å²) in [5.74, 6) is 0. The zero-order valence-electron chi connectivity index (χ0n) is 8.84. The fraction of sp³-hybridized carbons (Fsp3) is 0.400. The molecule has 2 N–H and O–H groups in total. The molecule has 4 nitrogen and oxygen atoms in total. The van der Waals surface area contributed by atoms with E-state index >= 15 is 0 Å². The van der Waals surface area contributed by atoms with Crippen LogP contribution in [-0.4, -0.2) is 15.0 Å². The van der Waals surface area contributed by atoms with Gasteiger partial charge in [0, 0.05) is 30.6 Å². The summed E-state index contributed by atoms with van der Waals surface area (Å²) in [4.78, 5) is 1.24. The molecule has 0 fully saturated rings. The van der Waals surface area contributed by atoms with Crippen LogP contribution in [0.3, 0.4) is 0 Å². The average molecular weight is 222 g/mol. The van der Waals surface area contributed by atoms with Crippen molar-refractivity contribution >= 4 is 11.3 Å². The Kier molecular flexibility index (Phi) is 2.83. The van der Waals surface area contributed by atoms with Crippen LogP contribution in [0.25, 0.3) is 0 Å². The van der Waals surface area contributed by atoms with Gasteiger partial charge in [0.25, 0.3) is 0 Å². The van der Waals surface area contributed by atoms with Gasteiger partial charge in [0.1, 0.15) is 0 Å². The number of aryl methyl sites for hydroxylation is 2. The van der Waals surface area contributed by atoms with Gasteiger partial charge in [-0.2, -0.15) is 0 Å². The number of thiophene rings is 1. The molecule has 0 saturated heterocycles. The Labute approximate surface area is 92.7 Å². The van der Waals surface area contributed by atoms with Gasteiger partial charge in [-0.3, -0.25) is 4.68 Å². The first-order valence-electron chi connectivity index (χ1n) is 4.81. The maximum atomic E-state index is 6.11. The van der Waals surface area contributed by atoms with Gasteiger partial charge in [-0.1, -0.05) is 5.21 Å². The summed E-state index contributed by atoms with van der Waals surface area (Å²) in [5, 5.41) is 9.99. The van der Waals surface area contributed by atoms with E-state index in [1.165, 1.54) is 10.4 Å². The first-order valence-corrected chi connectivity index (χ1v) is 5.69. The van der Waals surface area contributed by atoms with Gasteiger partial charge in [0.15, 0.2) is 0 Å². The van der Waals surface area contributed by atoms with E-state index in [2.05, 4.69) is 28.7 Å². The SMILES string of the molecule is Cc1ccsc1C(N)Cc1cn(C)nn1. The molecule has 0 aliphatic carbocycles. The lowest BCUT2D eigenvalue weighted by Crippen LogP contribution is -2.13. The molecule has 0 radical (unpaired) electrons. The number of hydrogen-bond acceptors (Lipinski definition) is 4. The van der Waals surface area contributed by atoms with Crippen molar-refractivity contribution in [2.24, 2.45) is 12.8 Å². The van der Waals surface area contributed by atoms with E-state index in [0.717, 1.165) is 12.1 Å². The van der Waals surface area contributed by atoms with E-state index in [1.54, 1.807) is 16.0 Å². The molecule has 15 heavy (non-hydrogen) atoms. The minimum absolute atomic E-state index is 0.0294. The molecule has 1 atom stereocenters. The first-order chi connectivity index (χ1) is 7.16. The van der Waals surface area contributed by atoms with Crippen molar-refractivity contribution in [3.63, 3.8) is 0 Å². The molecule has 0 saturated carbocycles. The van der Waals surface area contributed by atoms with Crippen LogP contribution in [0.1, 0.15) is 22.2 Å². The average Bonchev–Trinajstić information content (AvgIpc) is 2.75. The Hall–Kier alpha value is -1.20. The molecule has 0 amide bonds. The second-order valence-corrected chi connectivity index (χ2v) is 4.61. The van der Waals surface area contributed by atoms with Crippen molar-refractivity contribution < 1.29 is 0 Å². The van der Waals surface area contributed by atoms with Gasteiger partial charge in [-0.15, -0.1) is 16.4 Å². The predicted octanol–water partition coefficient (Wildman–Crippen LogP) is 1.43. The molecule has 0 aliphatic rings. The molecule has 0 spiro atoms. The fourth-order valence-corrected chi connectivity index (χ4v) is 2.50. The Morgan fingerprint density at radius 1 is 1.60 bits per heavy atom. The molecule has 0 aliphatic heterocycles. The van der Waals surface area contributed by atoms with Crippen LogP contribution < -0.4 is 5.73 Å². The lowest BCUT2D eigenvalue weighted by Gasteiger charge is -2.08. The van der Waals surface area contributed by atoms with E-state index in [1.807, 2.05) is 13.2 Å². The van der Waals surface area contributed by atoms with Crippen LogP contribution in [0, 0.1) is 6.92 Å². The second kappa shape index (κ2) is 4.12. The first kappa shape index (κ1) is 10.3. The fourth-order valence-electron chi connectivity index (χ4n) is 1.57. The third-order valence-corrected chi connectivity index (χ3v) is 3.47. The third kappa shape index (κ3) is 2.24. The number of aromatic nitrogens is 3. The standard InChI is InChI=1S/C10H14N4S/c1-7-3-4-15-10(7)9(11)5-8-6-14(2)13-12-8/h3-4,6,9H,5,11H2,1-2H3. The summed E-state index contributed by atoms with van der Waals surface area (Å²) < 4.78 is 1.70. The van der Waals surface area contributed by atoms with Crippen molar-refractivity contribution in [1.29, 1.82) is 0 Å². The Bertz CT molecular complexity index is 446. The minimum Gasteiger partial charge on any atom is -0.323 e. The summed E-state index contributed by atoms with van der Waals surface area (Å²) in [6.07, 6.45) is 2.65. The molecule has 2 heterocycles. The van der Waals surface area contributed by atoms with Crippen LogP contribution in [-0.2, 0) is 13.5 Å². The Morgan fingerprint density at radius 2 is 2.40 bits per heavy atom. The summed E-state index contributed by atoms with van der Waals surface area (Å²) in [6.45, 7) is 2.09. The van der Waals surface area contributed by atoms with E-state index in [4.69, 9.17) is 5.73 Å². The van der Waals surface area contributed by atoms with Gasteiger partial charge in [0.2, 0.25) is 0 Å². The van der Waals surface area contributed by atoms with E-state index in [0.29, 0.717) is 0 Å². The highest BCUT2D eigenvalue weighted by Gasteiger charge is 2.12. The van der Waals surface area contributed by atoms with Crippen LogP contribution in [0.2, 0.25) is 0 Å². The number of nitrogens with zero attached hydrogens (tertiary/aromatic N) is 3. The highest BCUT2D eigenvalue weighted by atomic mass is 32.1. The van der Waals surface area contributed by atoms with Crippen LogP contribution in [0.4, 0.5) is 0 Å². The predicted molar refractivity (Wildman–Crippen MR) is 60.7 cm³/mol. The Morgan fingerprint density at radius 3 is 2.93 bits per heavy atom. The molecule has 80 valence electrons. The maximum Gasteiger partial charge on any atom is 0.0846 e. The number of hydrogen-bond donors (Lipinski definition) is 1. The van der Waals surface area contributed by atoms with Gasteiger partial charge < -0.3 is 5.73 Å². The summed E-state index contributed by atoms with van der Waals surface area (Å²) >= 11 is 1.70. The largest absolute Gasteiger partial charge is 0.323 e. The third-order valence-electron chi connectivity index (χ3n) is 2.32. The van der Waals surface area contributed by atoms with E-state index in [-0.39, 0.29) is 6.04 Å². The lowest BCUT2D eigenvalue weighted by molar-refractivity contribution is 0.698. The van der Waals surface area contributed by atoms with Crippen molar-refractivity contribution in [3.05, 3.63) is 33.8 Å². The number of nitrogens with two attached hydrogens (primary N) is 1. The van der Waals surface area contributed by atoms with Crippen LogP contribution >= 0.6 is 11.3 Å². The highest BCUT2D eigenvalue weighted by molar-refractivity contribution is 7.10. The number of rotatable bonds is 3. The van der Waals surface area contributed by atoms with E-state index in [9.17, 15) is 0 Å². The van der Waals surface area contributed by atoms with Crippen molar-refractivity contribution in [2.75, 3.05) is 0 Å². The van der Waals surface area contributed by atoms with Crippen molar-refractivity contribution in [1.82, 2.24) is 15.0 Å². The topological polar surface area (TPSA) is 56.7 Å². The van der Waals surface area contributed by atoms with E-state index < -0.39 is 0 Å². The van der Waals surface area contributed by atoms with Gasteiger partial charge in [-0.25, -0.2) is 0 Å². The van der Waals surface area contributed by atoms with Gasteiger partial charge in [0.05, 0.1) is 5.69 Å². The maximum absolute atomic E-state index is 6.11. The molecule has 2 aromatic rings. The van der Waals surface area contributed by atoms with Gasteiger partial charge >= 0.3 is 0 Å². The van der Waals surface area contributed by atoms with Crippen LogP contribution in [0.5, 0.6) is 0 Å². The highest BCUT2D eigenvalue weighted by Crippen LogP contribution is 2.24. The minimum atomic E-state index is 0.0294.